The molecule has 0 aromatic heterocycles. The summed E-state index contributed by atoms with van der Waals surface area (Å²) in [7, 11) is 0. The molecule has 1 aliphatic heterocycles. The topological polar surface area (TPSA) is 30.8 Å². The lowest BCUT2D eigenvalue weighted by molar-refractivity contribution is 0.267. The van der Waals surface area contributed by atoms with Gasteiger partial charge in [0.25, 0.3) is 0 Å². The maximum absolute atomic E-state index is 13.3. The normalized spacial score (nSPS) is 13.7. The molecule has 6 heteroatoms. The minimum absolute atomic E-state index is 0.262. The highest BCUT2D eigenvalue weighted by atomic mass is 127. The molecule has 0 radical (unpaired) electrons. The number of ether oxygens (including phenoxy) is 2. The minimum atomic E-state index is -0.262. The van der Waals surface area contributed by atoms with Crippen LogP contribution in [0.15, 0.2) is 41.4 Å². The molecule has 126 valence electrons. The van der Waals surface area contributed by atoms with Crippen LogP contribution in [0.1, 0.15) is 18.1 Å². The molecule has 0 atom stereocenters. The number of benzene rings is 2. The number of halogens is 2. The van der Waals surface area contributed by atoms with Crippen LogP contribution in [-0.2, 0) is 6.61 Å². The van der Waals surface area contributed by atoms with Crippen LogP contribution >= 0.6 is 34.4 Å². The van der Waals surface area contributed by atoms with Crippen LogP contribution in [0.4, 0.5) is 4.39 Å². The van der Waals surface area contributed by atoms with E-state index in [9.17, 15) is 4.39 Å². The van der Waals surface area contributed by atoms with Crippen LogP contribution < -0.4 is 9.47 Å². The van der Waals surface area contributed by atoms with Gasteiger partial charge in [-0.05, 0) is 59.3 Å². The number of hydrogen-bond donors (Lipinski definition) is 0. The zero-order valence-electron chi connectivity index (χ0n) is 13.2. The summed E-state index contributed by atoms with van der Waals surface area (Å²) in [5, 5.41) is 1.05. The summed E-state index contributed by atoms with van der Waals surface area (Å²) in [5.74, 6) is 2.15. The SMILES string of the molecule is CCOc1cc(C2=NCCS2)cc(I)c1OCc1cccc(F)c1. The van der Waals surface area contributed by atoms with E-state index in [0.717, 1.165) is 32.0 Å². The van der Waals surface area contributed by atoms with Gasteiger partial charge in [0.05, 0.1) is 15.2 Å². The molecular weight excluding hydrogens is 440 g/mol. The van der Waals surface area contributed by atoms with E-state index in [1.807, 2.05) is 19.1 Å². The lowest BCUT2D eigenvalue weighted by Gasteiger charge is -2.15. The van der Waals surface area contributed by atoms with Gasteiger partial charge in [0.1, 0.15) is 12.4 Å². The molecule has 0 saturated heterocycles. The molecule has 2 aromatic rings. The molecule has 24 heavy (non-hydrogen) atoms. The standard InChI is InChI=1S/C18H17FINO2S/c1-2-22-16-10-13(18-21-6-7-24-18)9-15(20)17(16)23-11-12-4-3-5-14(19)8-12/h3-5,8-10H,2,6-7,11H2,1H3. The lowest BCUT2D eigenvalue weighted by Crippen LogP contribution is -2.04. The molecule has 0 spiro atoms. The Morgan fingerprint density at radius 3 is 2.83 bits per heavy atom. The molecule has 0 N–H and O–H groups in total. The van der Waals surface area contributed by atoms with Gasteiger partial charge in [0.15, 0.2) is 11.5 Å². The molecular formula is C18H17FINO2S. The third kappa shape index (κ3) is 4.22. The molecule has 1 aliphatic rings. The number of aliphatic imine (C=N–C) groups is 1. The summed E-state index contributed by atoms with van der Waals surface area (Å²) >= 11 is 4.00. The monoisotopic (exact) mass is 457 g/mol. The summed E-state index contributed by atoms with van der Waals surface area (Å²) in [5.41, 5.74) is 1.84. The predicted octanol–water partition coefficient (Wildman–Crippen LogP) is 4.90. The van der Waals surface area contributed by atoms with Gasteiger partial charge in [0, 0.05) is 17.9 Å². The maximum Gasteiger partial charge on any atom is 0.175 e. The molecule has 0 fully saturated rings. The number of rotatable bonds is 6. The largest absolute Gasteiger partial charge is 0.490 e. The van der Waals surface area contributed by atoms with Gasteiger partial charge in [-0.3, -0.25) is 4.99 Å². The highest BCUT2D eigenvalue weighted by molar-refractivity contribution is 14.1. The highest BCUT2D eigenvalue weighted by Crippen LogP contribution is 2.36. The lowest BCUT2D eigenvalue weighted by atomic mass is 10.2. The average Bonchev–Trinajstić information content (AvgIpc) is 3.09. The van der Waals surface area contributed by atoms with Gasteiger partial charge in [-0.25, -0.2) is 4.39 Å². The van der Waals surface area contributed by atoms with Crippen LogP contribution in [0.5, 0.6) is 11.5 Å². The molecule has 1 heterocycles. The van der Waals surface area contributed by atoms with E-state index in [-0.39, 0.29) is 5.82 Å². The molecule has 0 unspecified atom stereocenters. The van der Waals surface area contributed by atoms with Crippen molar-refractivity contribution in [2.45, 2.75) is 13.5 Å². The van der Waals surface area contributed by atoms with Crippen LogP contribution in [0, 0.1) is 9.39 Å². The minimum Gasteiger partial charge on any atom is -0.490 e. The molecule has 3 rings (SSSR count). The van der Waals surface area contributed by atoms with Crippen molar-refractivity contribution in [1.29, 1.82) is 0 Å². The first-order chi connectivity index (χ1) is 11.7. The van der Waals surface area contributed by atoms with Gasteiger partial charge >= 0.3 is 0 Å². The van der Waals surface area contributed by atoms with Crippen LogP contribution in [0.2, 0.25) is 0 Å². The fourth-order valence-electron chi connectivity index (χ4n) is 2.39. The van der Waals surface area contributed by atoms with Gasteiger partial charge < -0.3 is 9.47 Å². The van der Waals surface area contributed by atoms with E-state index in [0.29, 0.717) is 24.7 Å². The quantitative estimate of drug-likeness (QED) is 0.579. The fraction of sp³-hybridized carbons (Fsp3) is 0.278. The average molecular weight is 457 g/mol. The summed E-state index contributed by atoms with van der Waals surface area (Å²) in [6.45, 7) is 3.65. The summed E-state index contributed by atoms with van der Waals surface area (Å²) in [6.07, 6.45) is 0. The maximum atomic E-state index is 13.3. The molecule has 3 nitrogen and oxygen atoms in total. The Kier molecular flexibility index (Phi) is 5.99. The first kappa shape index (κ1) is 17.5. The van der Waals surface area contributed by atoms with E-state index in [2.05, 4.69) is 33.6 Å². The fourth-order valence-corrected chi connectivity index (χ4v) is 3.99. The van der Waals surface area contributed by atoms with Crippen molar-refractivity contribution >= 4 is 39.4 Å². The van der Waals surface area contributed by atoms with Gasteiger partial charge in [0.2, 0.25) is 0 Å². The second kappa shape index (κ2) is 8.20. The van der Waals surface area contributed by atoms with E-state index in [4.69, 9.17) is 9.47 Å². The Balaban J connectivity index is 1.85. The second-order valence-corrected chi connectivity index (χ2v) is 7.42. The number of nitrogens with zero attached hydrogens (tertiary/aromatic N) is 1. The third-order valence-corrected chi connectivity index (χ3v) is 5.24. The smallest absolute Gasteiger partial charge is 0.175 e. The van der Waals surface area contributed by atoms with Crippen LogP contribution in [0.25, 0.3) is 0 Å². The van der Waals surface area contributed by atoms with Crippen molar-refractivity contribution in [3.63, 3.8) is 0 Å². The van der Waals surface area contributed by atoms with Crippen LogP contribution in [0.3, 0.4) is 0 Å². The Hall–Kier alpha value is -1.28. The van der Waals surface area contributed by atoms with E-state index >= 15 is 0 Å². The summed E-state index contributed by atoms with van der Waals surface area (Å²) in [4.78, 5) is 4.52. The van der Waals surface area contributed by atoms with Crippen molar-refractivity contribution in [2.24, 2.45) is 4.99 Å². The van der Waals surface area contributed by atoms with Crippen molar-refractivity contribution in [2.75, 3.05) is 18.9 Å². The first-order valence-corrected chi connectivity index (χ1v) is 9.75. The van der Waals surface area contributed by atoms with E-state index < -0.39 is 0 Å². The Morgan fingerprint density at radius 1 is 1.25 bits per heavy atom. The van der Waals surface area contributed by atoms with Gasteiger partial charge in [-0.1, -0.05) is 12.1 Å². The zero-order chi connectivity index (χ0) is 16.9. The molecule has 0 amide bonds. The third-order valence-electron chi connectivity index (χ3n) is 3.41. The molecule has 0 aliphatic carbocycles. The predicted molar refractivity (Wildman–Crippen MR) is 105 cm³/mol. The molecule has 2 aromatic carbocycles. The zero-order valence-corrected chi connectivity index (χ0v) is 16.2. The van der Waals surface area contributed by atoms with E-state index in [1.165, 1.54) is 12.1 Å². The molecule has 0 saturated carbocycles. The first-order valence-electron chi connectivity index (χ1n) is 7.68. The second-order valence-electron chi connectivity index (χ2n) is 5.17. The Morgan fingerprint density at radius 2 is 2.12 bits per heavy atom. The number of thioether (sulfide) groups is 1. The highest BCUT2D eigenvalue weighted by Gasteiger charge is 2.17. The summed E-state index contributed by atoms with van der Waals surface area (Å²) in [6, 6.07) is 10.5. The Labute approximate surface area is 158 Å². The van der Waals surface area contributed by atoms with Crippen molar-refractivity contribution in [3.05, 3.63) is 56.9 Å². The van der Waals surface area contributed by atoms with Crippen LogP contribution in [-0.4, -0.2) is 23.9 Å². The van der Waals surface area contributed by atoms with Crippen molar-refractivity contribution in [1.82, 2.24) is 0 Å². The Bertz CT molecular complexity index is 767. The summed E-state index contributed by atoms with van der Waals surface area (Å²) < 4.78 is 26.0. The van der Waals surface area contributed by atoms with Gasteiger partial charge in [-0.15, -0.1) is 11.8 Å². The number of hydrogen-bond acceptors (Lipinski definition) is 4. The van der Waals surface area contributed by atoms with Crippen molar-refractivity contribution in [3.8, 4) is 11.5 Å². The van der Waals surface area contributed by atoms with Crippen molar-refractivity contribution < 1.29 is 13.9 Å². The van der Waals surface area contributed by atoms with E-state index in [1.54, 1.807) is 17.8 Å². The molecule has 0 bridgehead atoms. The van der Waals surface area contributed by atoms with Gasteiger partial charge in [-0.2, -0.15) is 0 Å².